The Morgan fingerprint density at radius 1 is 1.40 bits per heavy atom. The van der Waals surface area contributed by atoms with Gasteiger partial charge in [0.05, 0.1) is 0 Å². The molecule has 0 saturated carbocycles. The van der Waals surface area contributed by atoms with Crippen molar-refractivity contribution in [1.29, 1.82) is 0 Å². The third-order valence-corrected chi connectivity index (χ3v) is 2.07. The Balaban J connectivity index is 3.60. The molecular weight excluding hydrogens is 120 g/mol. The third kappa shape index (κ3) is 3.71. The van der Waals surface area contributed by atoms with Crippen molar-refractivity contribution in [1.82, 2.24) is 0 Å². The quantitative estimate of drug-likeness (QED) is 0.511. The van der Waals surface area contributed by atoms with E-state index in [-0.39, 0.29) is 0 Å². The Kier molecular flexibility index (Phi) is 5.38. The Labute approximate surface area is 65.3 Å². The van der Waals surface area contributed by atoms with Crippen LogP contribution in [-0.2, 0) is 0 Å². The summed E-state index contributed by atoms with van der Waals surface area (Å²) in [5, 5.41) is 0. The van der Waals surface area contributed by atoms with Gasteiger partial charge >= 0.3 is 0 Å². The van der Waals surface area contributed by atoms with Gasteiger partial charge in [0.2, 0.25) is 0 Å². The van der Waals surface area contributed by atoms with Crippen molar-refractivity contribution in [2.24, 2.45) is 11.8 Å². The molecule has 0 amide bonds. The summed E-state index contributed by atoms with van der Waals surface area (Å²) in [4.78, 5) is 0. The molecule has 60 valence electrons. The molecule has 0 nitrogen and oxygen atoms in total. The second kappa shape index (κ2) is 5.52. The van der Waals surface area contributed by atoms with E-state index in [0.29, 0.717) is 0 Å². The second-order valence-electron chi connectivity index (χ2n) is 3.32. The van der Waals surface area contributed by atoms with Gasteiger partial charge in [-0.2, -0.15) is 0 Å². The van der Waals surface area contributed by atoms with Crippen LogP contribution in [0.15, 0.2) is 12.7 Å². The van der Waals surface area contributed by atoms with Crippen LogP contribution in [0.5, 0.6) is 0 Å². The van der Waals surface area contributed by atoms with Crippen molar-refractivity contribution >= 4 is 0 Å². The van der Waals surface area contributed by atoms with Gasteiger partial charge in [-0.25, -0.2) is 0 Å². The standard InChI is InChI=1S/C10H20/c1-5-7-10(8-6-2)9(3)4/h5,9-10H,1,6-8H2,2-4H3. The van der Waals surface area contributed by atoms with E-state index in [1.54, 1.807) is 0 Å². The molecule has 0 heterocycles. The zero-order valence-electron chi connectivity index (χ0n) is 7.56. The Morgan fingerprint density at radius 2 is 2.00 bits per heavy atom. The van der Waals surface area contributed by atoms with Gasteiger partial charge in [-0.1, -0.05) is 39.7 Å². The average molecular weight is 140 g/mol. The minimum atomic E-state index is 0.818. The fourth-order valence-electron chi connectivity index (χ4n) is 1.31. The van der Waals surface area contributed by atoms with Gasteiger partial charge < -0.3 is 0 Å². The zero-order valence-corrected chi connectivity index (χ0v) is 7.56. The van der Waals surface area contributed by atoms with Crippen molar-refractivity contribution < 1.29 is 0 Å². The van der Waals surface area contributed by atoms with Crippen molar-refractivity contribution in [2.45, 2.75) is 40.0 Å². The van der Waals surface area contributed by atoms with Gasteiger partial charge in [-0.3, -0.25) is 0 Å². The minimum absolute atomic E-state index is 0.818. The first-order valence-corrected chi connectivity index (χ1v) is 4.33. The SMILES string of the molecule is C=CCC(CCC)C(C)C. The highest BCUT2D eigenvalue weighted by Crippen LogP contribution is 2.20. The summed E-state index contributed by atoms with van der Waals surface area (Å²) >= 11 is 0. The molecule has 0 saturated heterocycles. The summed E-state index contributed by atoms with van der Waals surface area (Å²) in [5.74, 6) is 1.68. The van der Waals surface area contributed by atoms with Crippen LogP contribution in [-0.4, -0.2) is 0 Å². The molecule has 0 aromatic rings. The molecule has 0 aliphatic carbocycles. The lowest BCUT2D eigenvalue weighted by atomic mass is 9.89. The number of rotatable bonds is 5. The van der Waals surface area contributed by atoms with Crippen molar-refractivity contribution in [2.75, 3.05) is 0 Å². The first kappa shape index (κ1) is 9.74. The van der Waals surface area contributed by atoms with E-state index >= 15 is 0 Å². The fourth-order valence-corrected chi connectivity index (χ4v) is 1.31. The Hall–Kier alpha value is -0.260. The molecule has 0 aromatic heterocycles. The van der Waals surface area contributed by atoms with E-state index in [2.05, 4.69) is 27.4 Å². The predicted octanol–water partition coefficient (Wildman–Crippen LogP) is 3.63. The molecule has 0 radical (unpaired) electrons. The van der Waals surface area contributed by atoms with Crippen LogP contribution in [0.2, 0.25) is 0 Å². The summed E-state index contributed by atoms with van der Waals surface area (Å²) in [7, 11) is 0. The summed E-state index contributed by atoms with van der Waals surface area (Å²) in [6.45, 7) is 10.6. The van der Waals surface area contributed by atoms with Crippen LogP contribution in [0.1, 0.15) is 40.0 Å². The highest BCUT2D eigenvalue weighted by atomic mass is 14.1. The maximum absolute atomic E-state index is 3.77. The molecular formula is C10H20. The molecule has 0 N–H and O–H groups in total. The Morgan fingerprint density at radius 3 is 2.30 bits per heavy atom. The van der Waals surface area contributed by atoms with Crippen LogP contribution in [0.25, 0.3) is 0 Å². The molecule has 1 unspecified atom stereocenters. The molecule has 0 spiro atoms. The molecule has 1 atom stereocenters. The van der Waals surface area contributed by atoms with Crippen molar-refractivity contribution in [3.63, 3.8) is 0 Å². The lowest BCUT2D eigenvalue weighted by Gasteiger charge is -2.17. The maximum Gasteiger partial charge on any atom is -0.0322 e. The summed E-state index contributed by atoms with van der Waals surface area (Å²) in [6, 6.07) is 0. The Bertz CT molecular complexity index is 82.0. The molecule has 0 heteroatoms. The van der Waals surface area contributed by atoms with Crippen LogP contribution in [0.3, 0.4) is 0 Å². The van der Waals surface area contributed by atoms with E-state index in [1.807, 2.05) is 6.08 Å². The maximum atomic E-state index is 3.77. The summed E-state index contributed by atoms with van der Waals surface area (Å²) < 4.78 is 0. The van der Waals surface area contributed by atoms with E-state index in [9.17, 15) is 0 Å². The number of hydrogen-bond acceptors (Lipinski definition) is 0. The third-order valence-electron chi connectivity index (χ3n) is 2.07. The molecule has 0 bridgehead atoms. The first-order chi connectivity index (χ1) is 4.72. The van der Waals surface area contributed by atoms with Crippen molar-refractivity contribution in [3.8, 4) is 0 Å². The largest absolute Gasteiger partial charge is 0.103 e. The normalized spacial score (nSPS) is 13.6. The topological polar surface area (TPSA) is 0 Å². The monoisotopic (exact) mass is 140 g/mol. The van der Waals surface area contributed by atoms with Crippen LogP contribution in [0, 0.1) is 11.8 Å². The minimum Gasteiger partial charge on any atom is -0.103 e. The first-order valence-electron chi connectivity index (χ1n) is 4.33. The highest BCUT2D eigenvalue weighted by molar-refractivity contribution is 4.74. The number of allylic oxidation sites excluding steroid dienone is 1. The number of hydrogen-bond donors (Lipinski definition) is 0. The van der Waals surface area contributed by atoms with E-state index in [0.717, 1.165) is 11.8 Å². The highest BCUT2D eigenvalue weighted by Gasteiger charge is 2.09. The molecule has 0 fully saturated rings. The van der Waals surface area contributed by atoms with E-state index in [1.165, 1.54) is 19.3 Å². The predicted molar refractivity (Wildman–Crippen MR) is 48.1 cm³/mol. The second-order valence-corrected chi connectivity index (χ2v) is 3.32. The van der Waals surface area contributed by atoms with E-state index < -0.39 is 0 Å². The zero-order chi connectivity index (χ0) is 7.98. The average Bonchev–Trinajstić information content (AvgIpc) is 1.87. The molecule has 10 heavy (non-hydrogen) atoms. The molecule has 0 rings (SSSR count). The summed E-state index contributed by atoms with van der Waals surface area (Å²) in [6.07, 6.45) is 5.88. The van der Waals surface area contributed by atoms with Gasteiger partial charge in [0.25, 0.3) is 0 Å². The van der Waals surface area contributed by atoms with Crippen molar-refractivity contribution in [3.05, 3.63) is 12.7 Å². The van der Waals surface area contributed by atoms with Gasteiger partial charge in [0, 0.05) is 0 Å². The fraction of sp³-hybridized carbons (Fsp3) is 0.800. The lowest BCUT2D eigenvalue weighted by molar-refractivity contribution is 0.360. The van der Waals surface area contributed by atoms with Gasteiger partial charge in [0.15, 0.2) is 0 Å². The van der Waals surface area contributed by atoms with Gasteiger partial charge in [-0.15, -0.1) is 6.58 Å². The molecule has 0 aromatic carbocycles. The molecule has 0 aliphatic heterocycles. The van der Waals surface area contributed by atoms with Crippen LogP contribution in [0.4, 0.5) is 0 Å². The lowest BCUT2D eigenvalue weighted by Crippen LogP contribution is -2.06. The van der Waals surface area contributed by atoms with Gasteiger partial charge in [0.1, 0.15) is 0 Å². The van der Waals surface area contributed by atoms with E-state index in [4.69, 9.17) is 0 Å². The van der Waals surface area contributed by atoms with Crippen LogP contribution >= 0.6 is 0 Å². The van der Waals surface area contributed by atoms with Crippen LogP contribution < -0.4 is 0 Å². The smallest absolute Gasteiger partial charge is 0.0322 e. The molecule has 0 aliphatic rings. The summed E-state index contributed by atoms with van der Waals surface area (Å²) in [5.41, 5.74) is 0. The van der Waals surface area contributed by atoms with Gasteiger partial charge in [-0.05, 0) is 18.3 Å².